The van der Waals surface area contributed by atoms with Gasteiger partial charge in [0.25, 0.3) is 0 Å². The van der Waals surface area contributed by atoms with Crippen molar-refractivity contribution in [3.8, 4) is 5.75 Å². The van der Waals surface area contributed by atoms with Crippen LogP contribution in [0.4, 0.5) is 5.69 Å². The molecule has 0 radical (unpaired) electrons. The van der Waals surface area contributed by atoms with E-state index in [-0.39, 0.29) is 0 Å². The molecule has 2 rings (SSSR count). The Bertz CT molecular complexity index is 424. The topological polar surface area (TPSA) is 50.7 Å². The zero-order valence-electron chi connectivity index (χ0n) is 13.0. The molecule has 0 amide bonds. The number of hydrogen-bond donors (Lipinski definition) is 2. The Kier molecular flexibility index (Phi) is 6.33. The molecule has 4 nitrogen and oxygen atoms in total. The van der Waals surface area contributed by atoms with E-state index in [0.29, 0.717) is 19.3 Å². The number of ether oxygens (including phenoxy) is 2. The summed E-state index contributed by atoms with van der Waals surface area (Å²) >= 11 is 0. The zero-order valence-corrected chi connectivity index (χ0v) is 13.0. The molecule has 3 unspecified atom stereocenters. The summed E-state index contributed by atoms with van der Waals surface area (Å²) in [7, 11) is 1.65. The molecule has 4 heteroatoms. The lowest BCUT2D eigenvalue weighted by Crippen LogP contribution is -2.30. The van der Waals surface area contributed by atoms with Crippen molar-refractivity contribution in [1.82, 2.24) is 0 Å². The van der Waals surface area contributed by atoms with Crippen LogP contribution in [0, 0.1) is 5.92 Å². The van der Waals surface area contributed by atoms with Gasteiger partial charge >= 0.3 is 0 Å². The fraction of sp³-hybridized carbons (Fsp3) is 0.647. The van der Waals surface area contributed by atoms with E-state index in [0.717, 1.165) is 30.2 Å². The molecule has 1 saturated carbocycles. The molecular weight excluding hydrogens is 266 g/mol. The van der Waals surface area contributed by atoms with Gasteiger partial charge in [0.2, 0.25) is 0 Å². The van der Waals surface area contributed by atoms with Crippen LogP contribution in [-0.2, 0) is 4.74 Å². The molecule has 0 aliphatic heterocycles. The first-order valence-corrected chi connectivity index (χ1v) is 7.85. The van der Waals surface area contributed by atoms with Gasteiger partial charge in [0.1, 0.15) is 5.75 Å². The lowest BCUT2D eigenvalue weighted by atomic mass is 9.89. The van der Waals surface area contributed by atoms with Crippen molar-refractivity contribution >= 4 is 5.69 Å². The van der Waals surface area contributed by atoms with Gasteiger partial charge in [0, 0.05) is 18.3 Å². The van der Waals surface area contributed by atoms with Crippen LogP contribution in [-0.4, -0.2) is 37.6 Å². The summed E-state index contributed by atoms with van der Waals surface area (Å²) in [5, 5.41) is 13.2. The Morgan fingerprint density at radius 3 is 3.00 bits per heavy atom. The molecule has 118 valence electrons. The third-order valence-corrected chi connectivity index (χ3v) is 4.02. The number of aliphatic hydroxyl groups excluding tert-OH is 1. The zero-order chi connectivity index (χ0) is 15.1. The maximum Gasteiger partial charge on any atom is 0.120 e. The second-order valence-electron chi connectivity index (χ2n) is 5.99. The van der Waals surface area contributed by atoms with Crippen molar-refractivity contribution in [3.05, 3.63) is 24.3 Å². The predicted octanol–water partition coefficient (Wildman–Crippen LogP) is 3.06. The van der Waals surface area contributed by atoms with E-state index < -0.39 is 6.10 Å². The summed E-state index contributed by atoms with van der Waals surface area (Å²) in [6.45, 7) is 3.15. The van der Waals surface area contributed by atoms with Crippen LogP contribution in [0.25, 0.3) is 0 Å². The van der Waals surface area contributed by atoms with E-state index in [1.165, 1.54) is 12.8 Å². The average molecular weight is 293 g/mol. The molecule has 1 aliphatic carbocycles. The van der Waals surface area contributed by atoms with Crippen molar-refractivity contribution in [2.75, 3.05) is 25.6 Å². The number of hydrogen-bond acceptors (Lipinski definition) is 4. The third kappa shape index (κ3) is 5.56. The highest BCUT2D eigenvalue weighted by Gasteiger charge is 2.20. The Morgan fingerprint density at radius 2 is 2.24 bits per heavy atom. The minimum atomic E-state index is -0.492. The first-order valence-electron chi connectivity index (χ1n) is 7.85. The highest BCUT2D eigenvalue weighted by molar-refractivity contribution is 5.48. The quantitative estimate of drug-likeness (QED) is 0.811. The highest BCUT2D eigenvalue weighted by atomic mass is 16.5. The van der Waals surface area contributed by atoms with Gasteiger partial charge < -0.3 is 19.9 Å². The minimum Gasteiger partial charge on any atom is -0.497 e. The fourth-order valence-corrected chi connectivity index (χ4v) is 2.80. The van der Waals surface area contributed by atoms with Crippen LogP contribution in [0.5, 0.6) is 5.75 Å². The van der Waals surface area contributed by atoms with E-state index in [4.69, 9.17) is 9.47 Å². The Morgan fingerprint density at radius 1 is 1.38 bits per heavy atom. The molecular formula is C17H27NO3. The first kappa shape index (κ1) is 16.1. The van der Waals surface area contributed by atoms with E-state index in [9.17, 15) is 5.11 Å². The number of benzene rings is 1. The lowest BCUT2D eigenvalue weighted by Gasteiger charge is -2.27. The first-order chi connectivity index (χ1) is 10.2. The van der Waals surface area contributed by atoms with Crippen molar-refractivity contribution < 1.29 is 14.6 Å². The van der Waals surface area contributed by atoms with Crippen molar-refractivity contribution in [2.45, 2.75) is 44.8 Å². The SMILES string of the molecule is COc1cccc(NCC(O)COC2CCCC(C)C2)c1. The summed E-state index contributed by atoms with van der Waals surface area (Å²) in [5.41, 5.74) is 0.944. The number of anilines is 1. The molecule has 2 N–H and O–H groups in total. The smallest absolute Gasteiger partial charge is 0.120 e. The molecule has 1 aliphatic rings. The second-order valence-corrected chi connectivity index (χ2v) is 5.99. The number of methoxy groups -OCH3 is 1. The normalized spacial score (nSPS) is 23.6. The molecule has 21 heavy (non-hydrogen) atoms. The molecule has 0 spiro atoms. The molecule has 0 heterocycles. The van der Waals surface area contributed by atoms with Crippen LogP contribution in [0.1, 0.15) is 32.6 Å². The lowest BCUT2D eigenvalue weighted by molar-refractivity contribution is -0.0274. The van der Waals surface area contributed by atoms with Gasteiger partial charge in [-0.15, -0.1) is 0 Å². The van der Waals surface area contributed by atoms with Crippen molar-refractivity contribution in [1.29, 1.82) is 0 Å². The van der Waals surface area contributed by atoms with E-state index in [1.54, 1.807) is 7.11 Å². The van der Waals surface area contributed by atoms with Gasteiger partial charge in [-0.2, -0.15) is 0 Å². The van der Waals surface area contributed by atoms with Gasteiger partial charge in [0.15, 0.2) is 0 Å². The molecule has 1 aromatic carbocycles. The largest absolute Gasteiger partial charge is 0.497 e. The average Bonchev–Trinajstić information content (AvgIpc) is 2.51. The highest BCUT2D eigenvalue weighted by Crippen LogP contribution is 2.25. The fourth-order valence-electron chi connectivity index (χ4n) is 2.80. The Hall–Kier alpha value is -1.26. The molecule has 3 atom stereocenters. The standard InChI is InChI=1S/C17H27NO3/c1-13-5-3-8-17(9-13)21-12-15(19)11-18-14-6-4-7-16(10-14)20-2/h4,6-7,10,13,15,17-19H,3,5,8-9,11-12H2,1-2H3. The molecule has 1 aromatic rings. The van der Waals surface area contributed by atoms with E-state index >= 15 is 0 Å². The van der Waals surface area contributed by atoms with Crippen LogP contribution < -0.4 is 10.1 Å². The van der Waals surface area contributed by atoms with Gasteiger partial charge in [-0.1, -0.05) is 25.8 Å². The summed E-state index contributed by atoms with van der Waals surface area (Å²) in [6, 6.07) is 7.69. The van der Waals surface area contributed by atoms with Gasteiger partial charge in [-0.25, -0.2) is 0 Å². The van der Waals surface area contributed by atoms with Crippen molar-refractivity contribution in [2.24, 2.45) is 5.92 Å². The van der Waals surface area contributed by atoms with Gasteiger partial charge in [-0.3, -0.25) is 0 Å². The van der Waals surface area contributed by atoms with Crippen LogP contribution in [0.15, 0.2) is 24.3 Å². The summed E-state index contributed by atoms with van der Waals surface area (Å²) in [4.78, 5) is 0. The molecule has 0 saturated heterocycles. The van der Waals surface area contributed by atoms with E-state index in [1.807, 2.05) is 24.3 Å². The second kappa shape index (κ2) is 8.25. The summed E-state index contributed by atoms with van der Waals surface area (Å²) in [5.74, 6) is 1.55. The maximum atomic E-state index is 10.0. The molecule has 1 fully saturated rings. The number of rotatable bonds is 7. The molecule has 0 bridgehead atoms. The Labute approximate surface area is 127 Å². The third-order valence-electron chi connectivity index (χ3n) is 4.02. The minimum absolute atomic E-state index is 0.320. The van der Waals surface area contributed by atoms with Crippen molar-refractivity contribution in [3.63, 3.8) is 0 Å². The summed E-state index contributed by atoms with van der Waals surface area (Å²) in [6.07, 6.45) is 4.62. The maximum absolute atomic E-state index is 10.0. The Balaban J connectivity index is 1.68. The molecule has 0 aromatic heterocycles. The monoisotopic (exact) mass is 293 g/mol. The van der Waals surface area contributed by atoms with E-state index in [2.05, 4.69) is 12.2 Å². The van der Waals surface area contributed by atoms with Crippen LogP contribution >= 0.6 is 0 Å². The number of nitrogens with one attached hydrogen (secondary N) is 1. The van der Waals surface area contributed by atoms with Crippen LogP contribution in [0.3, 0.4) is 0 Å². The predicted molar refractivity (Wildman–Crippen MR) is 84.9 cm³/mol. The number of aliphatic hydroxyl groups is 1. The summed E-state index contributed by atoms with van der Waals surface area (Å²) < 4.78 is 11.0. The van der Waals surface area contributed by atoms with Gasteiger partial charge in [0.05, 0.1) is 25.9 Å². The van der Waals surface area contributed by atoms with Gasteiger partial charge in [-0.05, 0) is 30.9 Å². The van der Waals surface area contributed by atoms with Crippen LogP contribution in [0.2, 0.25) is 0 Å².